The van der Waals surface area contributed by atoms with Crippen molar-refractivity contribution in [3.8, 4) is 27.9 Å². The topological polar surface area (TPSA) is 54.0 Å². The first-order valence-corrected chi connectivity index (χ1v) is 7.69. The molecule has 0 N–H and O–H groups in total. The number of hydrogen-bond donors (Lipinski definition) is 0. The van der Waals surface area contributed by atoms with Gasteiger partial charge < -0.3 is 0 Å². The Kier molecular flexibility index (Phi) is 3.14. The molecule has 4 rings (SSSR count). The van der Waals surface area contributed by atoms with Gasteiger partial charge in [0.25, 0.3) is 0 Å². The first kappa shape index (κ1) is 13.6. The SMILES string of the molecule is N#Cc1c(-c2ccc(F)cc2)nc2sc(-c3ccccc3)nn12. The maximum Gasteiger partial charge on any atom is 0.214 e. The van der Waals surface area contributed by atoms with Crippen LogP contribution in [0.3, 0.4) is 0 Å². The summed E-state index contributed by atoms with van der Waals surface area (Å²) in [6.45, 7) is 0. The predicted molar refractivity (Wildman–Crippen MR) is 86.4 cm³/mol. The molecule has 23 heavy (non-hydrogen) atoms. The number of imidazole rings is 1. The summed E-state index contributed by atoms with van der Waals surface area (Å²) in [5, 5.41) is 14.8. The average Bonchev–Trinajstić information content (AvgIpc) is 3.14. The molecule has 0 saturated heterocycles. The molecule has 2 aromatic heterocycles. The third-order valence-corrected chi connectivity index (χ3v) is 4.41. The highest BCUT2D eigenvalue weighted by Crippen LogP contribution is 2.30. The van der Waals surface area contributed by atoms with Crippen molar-refractivity contribution in [3.63, 3.8) is 0 Å². The summed E-state index contributed by atoms with van der Waals surface area (Å²) in [6.07, 6.45) is 0. The lowest BCUT2D eigenvalue weighted by molar-refractivity contribution is 0.628. The standard InChI is InChI=1S/C17H9FN4S/c18-13-8-6-11(7-9-13)15-14(10-19)22-17(20-15)23-16(21-22)12-4-2-1-3-5-12/h1-9H. The van der Waals surface area contributed by atoms with E-state index in [1.54, 1.807) is 16.6 Å². The summed E-state index contributed by atoms with van der Waals surface area (Å²) in [7, 11) is 0. The van der Waals surface area contributed by atoms with Gasteiger partial charge in [-0.1, -0.05) is 41.7 Å². The number of aromatic nitrogens is 3. The maximum absolute atomic E-state index is 13.1. The number of fused-ring (bicyclic) bond motifs is 1. The van der Waals surface area contributed by atoms with Crippen LogP contribution in [0.25, 0.3) is 26.8 Å². The lowest BCUT2D eigenvalue weighted by Crippen LogP contribution is -1.91. The molecule has 6 heteroatoms. The van der Waals surface area contributed by atoms with Crippen LogP contribution >= 0.6 is 11.3 Å². The molecular formula is C17H9FN4S. The van der Waals surface area contributed by atoms with E-state index in [0.717, 1.165) is 10.6 Å². The first-order valence-electron chi connectivity index (χ1n) is 6.87. The molecule has 0 fully saturated rings. The summed E-state index contributed by atoms with van der Waals surface area (Å²) in [6, 6.07) is 17.8. The molecule has 0 atom stereocenters. The van der Waals surface area contributed by atoms with Gasteiger partial charge in [-0.2, -0.15) is 14.9 Å². The molecule has 0 spiro atoms. The number of benzene rings is 2. The van der Waals surface area contributed by atoms with E-state index in [-0.39, 0.29) is 5.82 Å². The van der Waals surface area contributed by atoms with E-state index in [2.05, 4.69) is 16.2 Å². The molecule has 0 aliphatic rings. The third-order valence-electron chi connectivity index (χ3n) is 3.45. The molecule has 0 radical (unpaired) electrons. The highest BCUT2D eigenvalue weighted by molar-refractivity contribution is 7.19. The van der Waals surface area contributed by atoms with Crippen LogP contribution < -0.4 is 0 Å². The summed E-state index contributed by atoms with van der Waals surface area (Å²) >= 11 is 1.41. The van der Waals surface area contributed by atoms with Crippen LogP contribution in [0.4, 0.5) is 4.39 Å². The van der Waals surface area contributed by atoms with Gasteiger partial charge in [0.15, 0.2) is 5.69 Å². The van der Waals surface area contributed by atoms with Gasteiger partial charge in [0.1, 0.15) is 22.6 Å². The molecule has 2 aromatic carbocycles. The quantitative estimate of drug-likeness (QED) is 0.558. The molecule has 0 amide bonds. The van der Waals surface area contributed by atoms with E-state index in [4.69, 9.17) is 0 Å². The molecule has 4 aromatic rings. The Morgan fingerprint density at radius 1 is 1.00 bits per heavy atom. The third kappa shape index (κ3) is 2.28. The van der Waals surface area contributed by atoms with Crippen LogP contribution in [-0.4, -0.2) is 14.6 Å². The molecule has 0 bridgehead atoms. The Labute approximate surface area is 135 Å². The Bertz CT molecular complexity index is 1030. The van der Waals surface area contributed by atoms with E-state index in [9.17, 15) is 9.65 Å². The second kappa shape index (κ2) is 5.30. The van der Waals surface area contributed by atoms with Gasteiger partial charge in [-0.05, 0) is 24.3 Å². The monoisotopic (exact) mass is 320 g/mol. The van der Waals surface area contributed by atoms with Gasteiger partial charge in [-0.25, -0.2) is 9.37 Å². The minimum Gasteiger partial charge on any atom is -0.216 e. The van der Waals surface area contributed by atoms with Crippen LogP contribution in [0, 0.1) is 17.1 Å². The lowest BCUT2D eigenvalue weighted by atomic mass is 10.1. The number of rotatable bonds is 2. The fourth-order valence-corrected chi connectivity index (χ4v) is 3.26. The largest absolute Gasteiger partial charge is 0.216 e. The van der Waals surface area contributed by atoms with E-state index < -0.39 is 0 Å². The molecular weight excluding hydrogens is 311 g/mol. The molecule has 0 aliphatic carbocycles. The fourth-order valence-electron chi connectivity index (χ4n) is 2.36. The van der Waals surface area contributed by atoms with Gasteiger partial charge in [-0.15, -0.1) is 0 Å². The number of nitriles is 1. The Morgan fingerprint density at radius 3 is 2.43 bits per heavy atom. The van der Waals surface area contributed by atoms with Gasteiger partial charge in [0.05, 0.1) is 0 Å². The van der Waals surface area contributed by atoms with Crippen molar-refractivity contribution in [2.24, 2.45) is 0 Å². The van der Waals surface area contributed by atoms with Crippen molar-refractivity contribution in [2.75, 3.05) is 0 Å². The molecule has 4 nitrogen and oxygen atoms in total. The molecule has 0 unspecified atom stereocenters. The Morgan fingerprint density at radius 2 is 1.74 bits per heavy atom. The second-order valence-corrected chi connectivity index (χ2v) is 5.85. The highest BCUT2D eigenvalue weighted by atomic mass is 32.1. The van der Waals surface area contributed by atoms with E-state index in [0.29, 0.717) is 21.9 Å². The van der Waals surface area contributed by atoms with Crippen molar-refractivity contribution in [3.05, 3.63) is 66.1 Å². The second-order valence-electron chi connectivity index (χ2n) is 4.90. The minimum absolute atomic E-state index is 0.322. The zero-order valence-corrected chi connectivity index (χ0v) is 12.6. The summed E-state index contributed by atoms with van der Waals surface area (Å²) < 4.78 is 14.6. The van der Waals surface area contributed by atoms with Crippen LogP contribution in [0.2, 0.25) is 0 Å². The fraction of sp³-hybridized carbons (Fsp3) is 0. The normalized spacial score (nSPS) is 10.8. The highest BCUT2D eigenvalue weighted by Gasteiger charge is 2.18. The predicted octanol–water partition coefficient (Wildman–Crippen LogP) is 4.14. The molecule has 0 aliphatic heterocycles. The van der Waals surface area contributed by atoms with Crippen LogP contribution in [-0.2, 0) is 0 Å². The van der Waals surface area contributed by atoms with E-state index in [1.807, 2.05) is 30.3 Å². The lowest BCUT2D eigenvalue weighted by Gasteiger charge is -1.97. The van der Waals surface area contributed by atoms with Gasteiger partial charge in [0.2, 0.25) is 4.96 Å². The van der Waals surface area contributed by atoms with E-state index >= 15 is 0 Å². The average molecular weight is 320 g/mol. The van der Waals surface area contributed by atoms with Crippen LogP contribution in [0.5, 0.6) is 0 Å². The number of nitrogens with zero attached hydrogens (tertiary/aromatic N) is 4. The van der Waals surface area contributed by atoms with Crippen molar-refractivity contribution in [1.82, 2.24) is 14.6 Å². The zero-order chi connectivity index (χ0) is 15.8. The Hall–Kier alpha value is -3.04. The zero-order valence-electron chi connectivity index (χ0n) is 11.8. The molecule has 0 saturated carbocycles. The number of hydrogen-bond acceptors (Lipinski definition) is 4. The van der Waals surface area contributed by atoms with Crippen molar-refractivity contribution < 1.29 is 4.39 Å². The van der Waals surface area contributed by atoms with Gasteiger partial charge in [0, 0.05) is 11.1 Å². The van der Waals surface area contributed by atoms with Crippen LogP contribution in [0.1, 0.15) is 5.69 Å². The van der Waals surface area contributed by atoms with Gasteiger partial charge >= 0.3 is 0 Å². The Balaban J connectivity index is 1.88. The van der Waals surface area contributed by atoms with Crippen molar-refractivity contribution in [2.45, 2.75) is 0 Å². The van der Waals surface area contributed by atoms with Crippen molar-refractivity contribution >= 4 is 16.3 Å². The molecule has 110 valence electrons. The van der Waals surface area contributed by atoms with E-state index in [1.165, 1.54) is 23.5 Å². The summed E-state index contributed by atoms with van der Waals surface area (Å²) in [4.78, 5) is 5.14. The van der Waals surface area contributed by atoms with Crippen LogP contribution in [0.15, 0.2) is 54.6 Å². The smallest absolute Gasteiger partial charge is 0.214 e. The number of halogens is 1. The summed E-state index contributed by atoms with van der Waals surface area (Å²) in [5.74, 6) is -0.322. The maximum atomic E-state index is 13.1. The molecule has 2 heterocycles. The van der Waals surface area contributed by atoms with Gasteiger partial charge in [-0.3, -0.25) is 0 Å². The summed E-state index contributed by atoms with van der Waals surface area (Å²) in [5.41, 5.74) is 2.55. The minimum atomic E-state index is -0.322. The van der Waals surface area contributed by atoms with Crippen molar-refractivity contribution in [1.29, 1.82) is 5.26 Å². The first-order chi connectivity index (χ1) is 11.3.